The lowest BCUT2D eigenvalue weighted by atomic mass is 10.1. The van der Waals surface area contributed by atoms with E-state index in [-0.39, 0.29) is 5.75 Å². The van der Waals surface area contributed by atoms with Gasteiger partial charge >= 0.3 is 6.36 Å². The van der Waals surface area contributed by atoms with Crippen LogP contribution in [-0.4, -0.2) is 42.5 Å². The van der Waals surface area contributed by atoms with Gasteiger partial charge < -0.3 is 14.8 Å². The average molecular weight is 466 g/mol. The summed E-state index contributed by atoms with van der Waals surface area (Å²) in [5.74, 6) is 0.937. The lowest BCUT2D eigenvalue weighted by Gasteiger charge is -2.26. The number of anilines is 2. The number of halogens is 4. The molecule has 170 valence electrons. The molecule has 0 spiro atoms. The van der Waals surface area contributed by atoms with Crippen molar-refractivity contribution in [3.8, 4) is 11.5 Å². The van der Waals surface area contributed by atoms with E-state index in [1.54, 1.807) is 12.1 Å². The average Bonchev–Trinajstić information content (AvgIpc) is 2.77. The molecule has 2 aromatic carbocycles. The van der Waals surface area contributed by atoms with E-state index in [9.17, 15) is 13.2 Å². The summed E-state index contributed by atoms with van der Waals surface area (Å²) in [7, 11) is 0. The quantitative estimate of drug-likeness (QED) is 0.437. The molecule has 0 atom stereocenters. The van der Waals surface area contributed by atoms with E-state index >= 15 is 0 Å². The summed E-state index contributed by atoms with van der Waals surface area (Å²) in [5.41, 5.74) is 1.15. The monoisotopic (exact) mass is 465 g/mol. The maximum atomic E-state index is 12.3. The second-order valence-electron chi connectivity index (χ2n) is 7.59. The van der Waals surface area contributed by atoms with Gasteiger partial charge in [0.15, 0.2) is 0 Å². The van der Waals surface area contributed by atoms with Gasteiger partial charge in [-0.25, -0.2) is 4.98 Å². The predicted octanol–water partition coefficient (Wildman–Crippen LogP) is 6.40. The number of fused-ring (bicyclic) bond motifs is 1. The van der Waals surface area contributed by atoms with Crippen molar-refractivity contribution in [1.82, 2.24) is 9.88 Å². The van der Waals surface area contributed by atoms with Crippen molar-refractivity contribution < 1.29 is 22.6 Å². The van der Waals surface area contributed by atoms with Crippen LogP contribution < -0.4 is 14.8 Å². The zero-order chi connectivity index (χ0) is 22.6. The summed E-state index contributed by atoms with van der Waals surface area (Å²) in [5, 5.41) is 4.35. The van der Waals surface area contributed by atoms with Crippen LogP contribution in [0.3, 0.4) is 0 Å². The largest absolute Gasteiger partial charge is 0.573 e. The number of aromatic nitrogens is 1. The van der Waals surface area contributed by atoms with Crippen LogP contribution in [0, 0.1) is 0 Å². The van der Waals surface area contributed by atoms with Crippen molar-refractivity contribution in [2.24, 2.45) is 0 Å². The molecule has 0 amide bonds. The van der Waals surface area contributed by atoms with Crippen LogP contribution in [0.1, 0.15) is 19.3 Å². The minimum Gasteiger partial charge on any atom is -0.492 e. The zero-order valence-corrected chi connectivity index (χ0v) is 18.0. The smallest absolute Gasteiger partial charge is 0.492 e. The lowest BCUT2D eigenvalue weighted by Crippen LogP contribution is -2.33. The van der Waals surface area contributed by atoms with Gasteiger partial charge in [0.1, 0.15) is 23.9 Å². The molecule has 0 aliphatic carbocycles. The first kappa shape index (κ1) is 22.5. The number of rotatable bonds is 7. The Labute approximate surface area is 189 Å². The third-order valence-corrected chi connectivity index (χ3v) is 5.55. The molecule has 3 aromatic rings. The topological polar surface area (TPSA) is 46.6 Å². The van der Waals surface area contributed by atoms with Crippen LogP contribution >= 0.6 is 11.6 Å². The third-order valence-electron chi connectivity index (χ3n) is 5.24. The van der Waals surface area contributed by atoms with Gasteiger partial charge in [-0.3, -0.25) is 4.90 Å². The van der Waals surface area contributed by atoms with E-state index in [2.05, 4.69) is 19.9 Å². The highest BCUT2D eigenvalue weighted by molar-refractivity contribution is 6.35. The van der Waals surface area contributed by atoms with Crippen LogP contribution in [-0.2, 0) is 0 Å². The lowest BCUT2D eigenvalue weighted by molar-refractivity contribution is -0.274. The first-order chi connectivity index (χ1) is 15.4. The number of alkyl halides is 3. The number of ether oxygens (including phenoxy) is 2. The minimum absolute atomic E-state index is 0.288. The number of pyridine rings is 1. The number of hydrogen-bond acceptors (Lipinski definition) is 5. The van der Waals surface area contributed by atoms with Crippen LogP contribution in [0.4, 0.5) is 24.7 Å². The fourth-order valence-corrected chi connectivity index (χ4v) is 3.92. The maximum absolute atomic E-state index is 12.3. The Bertz CT molecular complexity index is 1050. The fraction of sp³-hybridized carbons (Fsp3) is 0.348. The van der Waals surface area contributed by atoms with E-state index in [0.717, 1.165) is 25.0 Å². The van der Waals surface area contributed by atoms with Crippen LogP contribution in [0.2, 0.25) is 5.02 Å². The molecule has 1 saturated heterocycles. The molecule has 4 rings (SSSR count). The highest BCUT2D eigenvalue weighted by Gasteiger charge is 2.30. The van der Waals surface area contributed by atoms with Crippen molar-refractivity contribution in [2.45, 2.75) is 25.6 Å². The Morgan fingerprint density at radius 3 is 2.44 bits per heavy atom. The van der Waals surface area contributed by atoms with Gasteiger partial charge in [0.05, 0.1) is 10.5 Å². The molecular formula is C23H23ClF3N3O2. The standard InChI is InChI=1S/C23H23ClF3N3O2/c24-19-9-10-20(31-15-14-30-12-2-1-3-13-30)18-8-11-21(29-22(18)19)28-16-4-6-17(7-5-16)32-23(25,26)27/h4-11H,1-3,12-15H2,(H,28,29). The van der Waals surface area contributed by atoms with Gasteiger partial charge in [-0.15, -0.1) is 13.2 Å². The summed E-state index contributed by atoms with van der Waals surface area (Å²) < 4.78 is 46.8. The highest BCUT2D eigenvalue weighted by Crippen LogP contribution is 2.32. The first-order valence-electron chi connectivity index (χ1n) is 10.4. The van der Waals surface area contributed by atoms with Gasteiger partial charge in [-0.2, -0.15) is 0 Å². The van der Waals surface area contributed by atoms with Gasteiger partial charge in [-0.1, -0.05) is 18.0 Å². The van der Waals surface area contributed by atoms with Gasteiger partial charge in [0.25, 0.3) is 0 Å². The second-order valence-corrected chi connectivity index (χ2v) is 7.99. The van der Waals surface area contributed by atoms with E-state index < -0.39 is 6.36 Å². The fourth-order valence-electron chi connectivity index (χ4n) is 3.71. The number of nitrogens with zero attached hydrogens (tertiary/aromatic N) is 2. The molecule has 1 fully saturated rings. The highest BCUT2D eigenvalue weighted by atomic mass is 35.5. The normalized spacial score (nSPS) is 15.0. The van der Waals surface area contributed by atoms with Gasteiger partial charge in [0, 0.05) is 17.6 Å². The molecule has 1 N–H and O–H groups in total. The molecule has 0 saturated carbocycles. The Morgan fingerprint density at radius 2 is 1.72 bits per heavy atom. The predicted molar refractivity (Wildman–Crippen MR) is 119 cm³/mol. The molecule has 1 aromatic heterocycles. The van der Waals surface area contributed by atoms with E-state index in [1.807, 2.05) is 12.1 Å². The molecule has 0 bridgehead atoms. The molecule has 32 heavy (non-hydrogen) atoms. The number of benzene rings is 2. The molecule has 0 unspecified atom stereocenters. The molecule has 1 aliphatic rings. The van der Waals surface area contributed by atoms with Crippen molar-refractivity contribution in [2.75, 3.05) is 31.6 Å². The molecule has 0 radical (unpaired) electrons. The van der Waals surface area contributed by atoms with Crippen LogP contribution in [0.5, 0.6) is 11.5 Å². The molecular weight excluding hydrogens is 443 g/mol. The number of likely N-dealkylation sites (tertiary alicyclic amines) is 1. The Hall–Kier alpha value is -2.71. The van der Waals surface area contributed by atoms with Gasteiger partial charge in [0.2, 0.25) is 0 Å². The summed E-state index contributed by atoms with van der Waals surface area (Å²) in [6, 6.07) is 12.7. The van der Waals surface area contributed by atoms with Crippen molar-refractivity contribution >= 4 is 34.0 Å². The number of nitrogens with one attached hydrogen (secondary N) is 1. The Morgan fingerprint density at radius 1 is 0.969 bits per heavy atom. The van der Waals surface area contributed by atoms with E-state index in [4.69, 9.17) is 16.3 Å². The molecule has 1 aliphatic heterocycles. The van der Waals surface area contributed by atoms with Crippen LogP contribution in [0.25, 0.3) is 10.9 Å². The van der Waals surface area contributed by atoms with Crippen molar-refractivity contribution in [3.05, 3.63) is 53.6 Å². The molecule has 2 heterocycles. The summed E-state index contributed by atoms with van der Waals surface area (Å²) >= 11 is 6.36. The van der Waals surface area contributed by atoms with E-state index in [0.29, 0.717) is 34.4 Å². The maximum Gasteiger partial charge on any atom is 0.573 e. The Kier molecular flexibility index (Phi) is 6.91. The molecule has 9 heteroatoms. The SMILES string of the molecule is FC(F)(F)Oc1ccc(Nc2ccc3c(OCCN4CCCCC4)ccc(Cl)c3n2)cc1. The molecule has 5 nitrogen and oxygen atoms in total. The number of piperidine rings is 1. The summed E-state index contributed by atoms with van der Waals surface area (Å²) in [6.07, 6.45) is -0.949. The first-order valence-corrected chi connectivity index (χ1v) is 10.8. The minimum atomic E-state index is -4.72. The van der Waals surface area contributed by atoms with Crippen molar-refractivity contribution in [3.63, 3.8) is 0 Å². The van der Waals surface area contributed by atoms with Crippen molar-refractivity contribution in [1.29, 1.82) is 0 Å². The summed E-state index contributed by atoms with van der Waals surface area (Å²) in [6.45, 7) is 3.70. The number of hydrogen-bond donors (Lipinski definition) is 1. The summed E-state index contributed by atoms with van der Waals surface area (Å²) in [4.78, 5) is 6.98. The third kappa shape index (κ3) is 5.95. The Balaban J connectivity index is 1.44. The van der Waals surface area contributed by atoms with Gasteiger partial charge in [-0.05, 0) is 74.5 Å². The van der Waals surface area contributed by atoms with Crippen LogP contribution in [0.15, 0.2) is 48.5 Å². The zero-order valence-electron chi connectivity index (χ0n) is 17.3. The second kappa shape index (κ2) is 9.83. The van der Waals surface area contributed by atoms with E-state index in [1.165, 1.54) is 43.5 Å².